The molecule has 126 valence electrons. The zero-order valence-corrected chi connectivity index (χ0v) is 13.5. The van der Waals surface area contributed by atoms with Gasteiger partial charge in [-0.15, -0.1) is 0 Å². The number of ether oxygens (including phenoxy) is 2. The highest BCUT2D eigenvalue weighted by atomic mass is 19.1. The minimum atomic E-state index is -0.756. The molecule has 0 saturated carbocycles. The van der Waals surface area contributed by atoms with Gasteiger partial charge in [0, 0.05) is 5.69 Å². The van der Waals surface area contributed by atoms with E-state index in [-0.39, 0.29) is 5.75 Å². The lowest BCUT2D eigenvalue weighted by molar-refractivity contribution is -0.149. The van der Waals surface area contributed by atoms with Gasteiger partial charge in [0.1, 0.15) is 0 Å². The van der Waals surface area contributed by atoms with Gasteiger partial charge in [0.05, 0.1) is 0 Å². The molecule has 6 heteroatoms. The fourth-order valence-electron chi connectivity index (χ4n) is 1.90. The van der Waals surface area contributed by atoms with Crippen molar-refractivity contribution >= 4 is 17.6 Å². The highest BCUT2D eigenvalue weighted by molar-refractivity contribution is 5.92. The van der Waals surface area contributed by atoms with Crippen molar-refractivity contribution < 1.29 is 23.5 Å². The number of esters is 1. The number of carbonyl (C=O) groups excluding carboxylic acids is 2. The molecule has 0 radical (unpaired) electrons. The molecule has 1 N–H and O–H groups in total. The number of hydrogen-bond acceptors (Lipinski definition) is 4. The van der Waals surface area contributed by atoms with Crippen molar-refractivity contribution in [2.75, 3.05) is 18.5 Å². The largest absolute Gasteiger partial charge is 0.479 e. The van der Waals surface area contributed by atoms with Crippen LogP contribution >= 0.6 is 0 Å². The van der Waals surface area contributed by atoms with E-state index in [1.54, 1.807) is 12.1 Å². The van der Waals surface area contributed by atoms with Gasteiger partial charge in [-0.25, -0.2) is 9.18 Å². The van der Waals surface area contributed by atoms with Gasteiger partial charge in [0.2, 0.25) is 0 Å². The number of rotatable bonds is 6. The molecule has 0 aliphatic carbocycles. The van der Waals surface area contributed by atoms with Crippen molar-refractivity contribution in [2.24, 2.45) is 0 Å². The predicted octanol–water partition coefficient (Wildman–Crippen LogP) is 3.00. The Labute approximate surface area is 139 Å². The van der Waals surface area contributed by atoms with Gasteiger partial charge in [-0.3, -0.25) is 4.79 Å². The number of halogens is 1. The minimum absolute atomic E-state index is 0.0472. The number of para-hydroxylation sites is 1. The van der Waals surface area contributed by atoms with Crippen LogP contribution in [0.3, 0.4) is 0 Å². The van der Waals surface area contributed by atoms with Crippen LogP contribution in [0.5, 0.6) is 5.75 Å². The smallest absolute Gasteiger partial charge is 0.344 e. The van der Waals surface area contributed by atoms with Crippen LogP contribution in [-0.4, -0.2) is 25.1 Å². The maximum atomic E-state index is 13.3. The first-order valence-corrected chi connectivity index (χ1v) is 7.36. The first kappa shape index (κ1) is 17.5. The first-order chi connectivity index (χ1) is 11.5. The van der Waals surface area contributed by atoms with E-state index < -0.39 is 30.9 Å². The molecule has 2 aromatic carbocycles. The molecule has 0 aliphatic heterocycles. The van der Waals surface area contributed by atoms with Crippen LogP contribution in [0.25, 0.3) is 0 Å². The van der Waals surface area contributed by atoms with Crippen molar-refractivity contribution in [1.29, 1.82) is 0 Å². The second-order valence-electron chi connectivity index (χ2n) is 5.23. The molecule has 0 aromatic heterocycles. The second kappa shape index (κ2) is 8.10. The maximum absolute atomic E-state index is 13.3. The van der Waals surface area contributed by atoms with Crippen LogP contribution in [-0.2, 0) is 14.3 Å². The number of amides is 1. The second-order valence-corrected chi connectivity index (χ2v) is 5.23. The SMILES string of the molecule is Cc1ccc(NC(=O)COC(=O)COc2ccccc2F)cc1C. The van der Waals surface area contributed by atoms with Crippen LogP contribution < -0.4 is 10.1 Å². The van der Waals surface area contributed by atoms with E-state index in [2.05, 4.69) is 5.32 Å². The Morgan fingerprint density at radius 3 is 2.50 bits per heavy atom. The van der Waals surface area contributed by atoms with Gasteiger partial charge >= 0.3 is 5.97 Å². The van der Waals surface area contributed by atoms with Crippen LogP contribution in [0.1, 0.15) is 11.1 Å². The molecule has 1 amide bonds. The van der Waals surface area contributed by atoms with Gasteiger partial charge in [-0.05, 0) is 49.2 Å². The van der Waals surface area contributed by atoms with Crippen molar-refractivity contribution in [3.63, 3.8) is 0 Å². The van der Waals surface area contributed by atoms with E-state index >= 15 is 0 Å². The summed E-state index contributed by atoms with van der Waals surface area (Å²) in [6.07, 6.45) is 0. The van der Waals surface area contributed by atoms with Crippen molar-refractivity contribution in [2.45, 2.75) is 13.8 Å². The van der Waals surface area contributed by atoms with E-state index in [9.17, 15) is 14.0 Å². The third kappa shape index (κ3) is 5.08. The third-order valence-corrected chi connectivity index (χ3v) is 3.34. The zero-order chi connectivity index (χ0) is 17.5. The van der Waals surface area contributed by atoms with Crippen LogP contribution in [0.4, 0.5) is 10.1 Å². The molecule has 2 rings (SSSR count). The maximum Gasteiger partial charge on any atom is 0.344 e. The minimum Gasteiger partial charge on any atom is -0.479 e. The van der Waals surface area contributed by atoms with Gasteiger partial charge < -0.3 is 14.8 Å². The Hall–Kier alpha value is -2.89. The van der Waals surface area contributed by atoms with E-state index in [1.165, 1.54) is 18.2 Å². The van der Waals surface area contributed by atoms with Crippen LogP contribution in [0.15, 0.2) is 42.5 Å². The highest BCUT2D eigenvalue weighted by Crippen LogP contribution is 2.15. The monoisotopic (exact) mass is 331 g/mol. The number of aryl methyl sites for hydroxylation is 2. The molecule has 0 aliphatic rings. The van der Waals surface area contributed by atoms with E-state index in [1.807, 2.05) is 26.0 Å². The fraction of sp³-hybridized carbons (Fsp3) is 0.222. The Kier molecular flexibility index (Phi) is 5.89. The van der Waals surface area contributed by atoms with Crippen molar-refractivity contribution in [3.05, 3.63) is 59.4 Å². The zero-order valence-electron chi connectivity index (χ0n) is 13.5. The Bertz CT molecular complexity index is 746. The summed E-state index contributed by atoms with van der Waals surface area (Å²) in [5.74, 6) is -1.84. The standard InChI is InChI=1S/C18H18FNO4/c1-12-7-8-14(9-13(12)2)20-17(21)10-24-18(22)11-23-16-6-4-3-5-15(16)19/h3-9H,10-11H2,1-2H3,(H,20,21). The van der Waals surface area contributed by atoms with Crippen molar-refractivity contribution in [3.8, 4) is 5.75 Å². The van der Waals surface area contributed by atoms with E-state index in [0.717, 1.165) is 11.1 Å². The number of carbonyl (C=O) groups is 2. The van der Waals surface area contributed by atoms with Gasteiger partial charge in [-0.1, -0.05) is 18.2 Å². The molecule has 24 heavy (non-hydrogen) atoms. The fourth-order valence-corrected chi connectivity index (χ4v) is 1.90. The molecule has 0 unspecified atom stereocenters. The molecule has 5 nitrogen and oxygen atoms in total. The van der Waals surface area contributed by atoms with Crippen molar-refractivity contribution in [1.82, 2.24) is 0 Å². The predicted molar refractivity (Wildman–Crippen MR) is 87.4 cm³/mol. The third-order valence-electron chi connectivity index (χ3n) is 3.34. The average Bonchev–Trinajstić information content (AvgIpc) is 2.55. The highest BCUT2D eigenvalue weighted by Gasteiger charge is 2.10. The molecule has 2 aromatic rings. The number of nitrogens with one attached hydrogen (secondary N) is 1. The summed E-state index contributed by atoms with van der Waals surface area (Å²) in [4.78, 5) is 23.3. The number of anilines is 1. The Balaban J connectivity index is 1.76. The Morgan fingerprint density at radius 2 is 1.79 bits per heavy atom. The molecule has 0 saturated heterocycles. The molecule has 0 heterocycles. The molecular formula is C18H18FNO4. The lowest BCUT2D eigenvalue weighted by Gasteiger charge is -2.09. The number of hydrogen-bond donors (Lipinski definition) is 1. The summed E-state index contributed by atoms with van der Waals surface area (Å²) in [5.41, 5.74) is 2.79. The van der Waals surface area contributed by atoms with Crippen LogP contribution in [0, 0.1) is 19.7 Å². The first-order valence-electron chi connectivity index (χ1n) is 7.36. The topological polar surface area (TPSA) is 64.6 Å². The van der Waals surface area contributed by atoms with Crippen LogP contribution in [0.2, 0.25) is 0 Å². The lowest BCUT2D eigenvalue weighted by atomic mass is 10.1. The summed E-state index contributed by atoms with van der Waals surface area (Å²) in [6, 6.07) is 11.2. The molecule has 0 fully saturated rings. The molecule has 0 bridgehead atoms. The molecule has 0 atom stereocenters. The normalized spacial score (nSPS) is 10.1. The van der Waals surface area contributed by atoms with Gasteiger partial charge in [0.25, 0.3) is 5.91 Å². The van der Waals surface area contributed by atoms with E-state index in [4.69, 9.17) is 9.47 Å². The molecular weight excluding hydrogens is 313 g/mol. The molecule has 0 spiro atoms. The summed E-state index contributed by atoms with van der Waals surface area (Å²) in [5, 5.41) is 2.63. The summed E-state index contributed by atoms with van der Waals surface area (Å²) in [6.45, 7) is 2.99. The average molecular weight is 331 g/mol. The summed E-state index contributed by atoms with van der Waals surface area (Å²) in [7, 11) is 0. The van der Waals surface area contributed by atoms with Gasteiger partial charge in [-0.2, -0.15) is 0 Å². The lowest BCUT2D eigenvalue weighted by Crippen LogP contribution is -2.23. The van der Waals surface area contributed by atoms with E-state index in [0.29, 0.717) is 5.69 Å². The summed E-state index contributed by atoms with van der Waals surface area (Å²) < 4.78 is 23.1. The van der Waals surface area contributed by atoms with Gasteiger partial charge in [0.15, 0.2) is 24.8 Å². The quantitative estimate of drug-likeness (QED) is 0.827. The summed E-state index contributed by atoms with van der Waals surface area (Å²) >= 11 is 0. The Morgan fingerprint density at radius 1 is 1.04 bits per heavy atom. The number of benzene rings is 2.